The van der Waals surface area contributed by atoms with Crippen LogP contribution in [-0.4, -0.2) is 24.7 Å². The van der Waals surface area contributed by atoms with Gasteiger partial charge in [0.15, 0.2) is 5.96 Å². The predicted molar refractivity (Wildman–Crippen MR) is 114 cm³/mol. The Morgan fingerprint density at radius 2 is 1.92 bits per heavy atom. The molecule has 1 aromatic carbocycles. The summed E-state index contributed by atoms with van der Waals surface area (Å²) in [5.74, 6) is 1.69. The molecule has 2 rings (SSSR count). The van der Waals surface area contributed by atoms with Gasteiger partial charge in [0, 0.05) is 19.2 Å². The fourth-order valence-corrected chi connectivity index (χ4v) is 2.69. The molecule has 2 N–H and O–H groups in total. The van der Waals surface area contributed by atoms with Gasteiger partial charge in [-0.25, -0.2) is 0 Å². The molecular weight excluding hydrogens is 427 g/mol. The van der Waals surface area contributed by atoms with Crippen molar-refractivity contribution in [2.24, 2.45) is 4.99 Å². The van der Waals surface area contributed by atoms with Gasteiger partial charge in [0.1, 0.15) is 5.76 Å². The number of nitrogens with zero attached hydrogens (tertiary/aromatic N) is 2. The third-order valence-corrected chi connectivity index (χ3v) is 4.31. The molecule has 0 aliphatic rings. The second-order valence-electron chi connectivity index (χ2n) is 6.01. The molecule has 1 aromatic heterocycles. The van der Waals surface area contributed by atoms with Gasteiger partial charge in [-0.05, 0) is 44.7 Å². The Hall–Kier alpha value is -1.57. The first-order valence-electron chi connectivity index (χ1n) is 8.52. The van der Waals surface area contributed by atoms with Crippen LogP contribution in [0.25, 0.3) is 0 Å². The summed E-state index contributed by atoms with van der Waals surface area (Å²) in [4.78, 5) is 4.31. The first kappa shape index (κ1) is 21.5. The summed E-state index contributed by atoms with van der Waals surface area (Å²) in [6.07, 6.45) is 1.93. The second-order valence-corrected chi connectivity index (χ2v) is 6.01. The van der Waals surface area contributed by atoms with E-state index in [4.69, 9.17) is 4.52 Å². The molecule has 0 spiro atoms. The van der Waals surface area contributed by atoms with E-state index in [1.807, 2.05) is 13.8 Å². The minimum atomic E-state index is 0. The number of aromatic nitrogens is 1. The molecule has 25 heavy (non-hydrogen) atoms. The molecule has 6 heteroatoms. The van der Waals surface area contributed by atoms with E-state index in [0.29, 0.717) is 0 Å². The van der Waals surface area contributed by atoms with E-state index in [9.17, 15) is 0 Å². The van der Waals surface area contributed by atoms with Crippen LogP contribution in [0.1, 0.15) is 48.0 Å². The van der Waals surface area contributed by atoms with Gasteiger partial charge in [-0.3, -0.25) is 4.99 Å². The highest BCUT2D eigenvalue weighted by atomic mass is 127. The van der Waals surface area contributed by atoms with Crippen LogP contribution in [0, 0.1) is 13.8 Å². The molecule has 0 aliphatic carbocycles. The lowest BCUT2D eigenvalue weighted by atomic mass is 10.1. The highest BCUT2D eigenvalue weighted by molar-refractivity contribution is 14.0. The van der Waals surface area contributed by atoms with Crippen molar-refractivity contribution in [2.75, 3.05) is 13.6 Å². The Balaban J connectivity index is 0.00000312. The zero-order chi connectivity index (χ0) is 17.5. The number of guanidine groups is 1. The largest absolute Gasteiger partial charge is 0.361 e. The summed E-state index contributed by atoms with van der Waals surface area (Å²) in [7, 11) is 1.79. The van der Waals surface area contributed by atoms with Crippen molar-refractivity contribution in [1.82, 2.24) is 15.8 Å². The number of halogens is 1. The van der Waals surface area contributed by atoms with Gasteiger partial charge in [0.25, 0.3) is 0 Å². The molecule has 5 nitrogen and oxygen atoms in total. The lowest BCUT2D eigenvalue weighted by molar-refractivity contribution is 0.392. The summed E-state index contributed by atoms with van der Waals surface area (Å²) in [5, 5.41) is 10.8. The van der Waals surface area contributed by atoms with Crippen molar-refractivity contribution in [1.29, 1.82) is 0 Å². The highest BCUT2D eigenvalue weighted by Crippen LogP contribution is 2.14. The number of aryl methyl sites for hydroxylation is 3. The molecule has 1 heterocycles. The van der Waals surface area contributed by atoms with Gasteiger partial charge in [-0.15, -0.1) is 24.0 Å². The summed E-state index contributed by atoms with van der Waals surface area (Å²) >= 11 is 0. The second kappa shape index (κ2) is 10.4. The van der Waals surface area contributed by atoms with Gasteiger partial charge in [0.2, 0.25) is 0 Å². The molecule has 0 radical (unpaired) electrons. The topological polar surface area (TPSA) is 62.5 Å². The van der Waals surface area contributed by atoms with Crippen molar-refractivity contribution < 1.29 is 4.52 Å². The van der Waals surface area contributed by atoms with Crippen LogP contribution in [0.15, 0.2) is 33.8 Å². The highest BCUT2D eigenvalue weighted by Gasteiger charge is 2.10. The zero-order valence-electron chi connectivity index (χ0n) is 15.7. The SMILES string of the molecule is CCc1ccc(C(C)NC(=NC)NCCc2c(C)noc2C)cc1.I. The number of hydrogen-bond acceptors (Lipinski definition) is 3. The Kier molecular flexibility index (Phi) is 8.96. The van der Waals surface area contributed by atoms with Crippen molar-refractivity contribution >= 4 is 29.9 Å². The summed E-state index contributed by atoms with van der Waals surface area (Å²) in [6.45, 7) is 9.01. The average molecular weight is 456 g/mol. The molecule has 0 bridgehead atoms. The van der Waals surface area contributed by atoms with Crippen molar-refractivity contribution in [2.45, 2.75) is 46.6 Å². The van der Waals surface area contributed by atoms with Crippen LogP contribution in [-0.2, 0) is 12.8 Å². The summed E-state index contributed by atoms with van der Waals surface area (Å²) < 4.78 is 5.20. The Labute approximate surface area is 167 Å². The van der Waals surface area contributed by atoms with E-state index in [2.05, 4.69) is 58.9 Å². The van der Waals surface area contributed by atoms with E-state index >= 15 is 0 Å². The quantitative estimate of drug-likeness (QED) is 0.393. The van der Waals surface area contributed by atoms with E-state index in [1.165, 1.54) is 16.7 Å². The Bertz CT molecular complexity index is 660. The van der Waals surface area contributed by atoms with Crippen molar-refractivity contribution in [3.8, 4) is 0 Å². The van der Waals surface area contributed by atoms with Gasteiger partial charge in [-0.1, -0.05) is 36.3 Å². The maximum atomic E-state index is 5.20. The molecule has 2 aromatic rings. The Morgan fingerprint density at radius 1 is 1.24 bits per heavy atom. The number of hydrogen-bond donors (Lipinski definition) is 2. The lowest BCUT2D eigenvalue weighted by Gasteiger charge is -2.18. The minimum Gasteiger partial charge on any atom is -0.361 e. The Morgan fingerprint density at radius 3 is 2.44 bits per heavy atom. The van der Waals surface area contributed by atoms with Crippen LogP contribution in [0.2, 0.25) is 0 Å². The fraction of sp³-hybridized carbons (Fsp3) is 0.474. The van der Waals surface area contributed by atoms with Crippen LogP contribution in [0.5, 0.6) is 0 Å². The number of aliphatic imine (C=N–C) groups is 1. The summed E-state index contributed by atoms with van der Waals surface area (Å²) in [6, 6.07) is 8.91. The number of rotatable bonds is 6. The van der Waals surface area contributed by atoms with Gasteiger partial charge < -0.3 is 15.2 Å². The molecule has 0 amide bonds. The predicted octanol–water partition coefficient (Wildman–Crippen LogP) is 3.94. The summed E-state index contributed by atoms with van der Waals surface area (Å²) in [5.41, 5.74) is 4.73. The molecule has 0 saturated heterocycles. The molecular formula is C19H29IN4O. The lowest BCUT2D eigenvalue weighted by Crippen LogP contribution is -2.39. The molecule has 1 unspecified atom stereocenters. The van der Waals surface area contributed by atoms with Crippen LogP contribution < -0.4 is 10.6 Å². The molecule has 138 valence electrons. The smallest absolute Gasteiger partial charge is 0.191 e. The third kappa shape index (κ3) is 6.02. The monoisotopic (exact) mass is 456 g/mol. The zero-order valence-corrected chi connectivity index (χ0v) is 18.0. The minimum absolute atomic E-state index is 0. The van der Waals surface area contributed by atoms with Gasteiger partial charge in [0.05, 0.1) is 11.7 Å². The van der Waals surface area contributed by atoms with Crippen LogP contribution in [0.4, 0.5) is 0 Å². The molecule has 1 atom stereocenters. The van der Waals surface area contributed by atoms with E-state index < -0.39 is 0 Å². The van der Waals surface area contributed by atoms with Gasteiger partial charge in [-0.2, -0.15) is 0 Å². The molecule has 0 aliphatic heterocycles. The maximum Gasteiger partial charge on any atom is 0.191 e. The third-order valence-electron chi connectivity index (χ3n) is 4.31. The first-order valence-corrected chi connectivity index (χ1v) is 8.52. The van der Waals surface area contributed by atoms with E-state index in [0.717, 1.165) is 36.8 Å². The average Bonchev–Trinajstić information content (AvgIpc) is 2.92. The maximum absolute atomic E-state index is 5.20. The normalized spacial score (nSPS) is 12.4. The first-order chi connectivity index (χ1) is 11.5. The van der Waals surface area contributed by atoms with E-state index in [1.54, 1.807) is 7.05 Å². The molecule has 0 saturated carbocycles. The fourth-order valence-electron chi connectivity index (χ4n) is 2.69. The van der Waals surface area contributed by atoms with Gasteiger partial charge >= 0.3 is 0 Å². The number of benzene rings is 1. The van der Waals surface area contributed by atoms with Crippen molar-refractivity contribution in [3.05, 3.63) is 52.4 Å². The van der Waals surface area contributed by atoms with Crippen LogP contribution >= 0.6 is 24.0 Å². The number of nitrogens with one attached hydrogen (secondary N) is 2. The van der Waals surface area contributed by atoms with Crippen LogP contribution in [0.3, 0.4) is 0 Å². The van der Waals surface area contributed by atoms with E-state index in [-0.39, 0.29) is 30.0 Å². The molecule has 0 fully saturated rings. The standard InChI is InChI=1S/C19H28N4O.HI/c1-6-16-7-9-17(10-8-16)13(2)22-19(20-5)21-12-11-18-14(3)23-24-15(18)4;/h7-10,13H,6,11-12H2,1-5H3,(H2,20,21,22);1H. The van der Waals surface area contributed by atoms with Crippen molar-refractivity contribution in [3.63, 3.8) is 0 Å².